The van der Waals surface area contributed by atoms with Gasteiger partial charge in [-0.25, -0.2) is 0 Å². The molecule has 1 aromatic heterocycles. The molecular weight excluding hydrogens is 414 g/mol. The van der Waals surface area contributed by atoms with E-state index in [2.05, 4.69) is 15.5 Å². The van der Waals surface area contributed by atoms with E-state index in [1.807, 2.05) is 60.9 Å². The van der Waals surface area contributed by atoms with Crippen molar-refractivity contribution >= 4 is 23.2 Å². The number of aryl methyl sites for hydroxylation is 2. The van der Waals surface area contributed by atoms with E-state index in [9.17, 15) is 9.59 Å². The van der Waals surface area contributed by atoms with Gasteiger partial charge in [0.2, 0.25) is 0 Å². The number of fused-ring (bicyclic) bond motifs is 3. The Kier molecular flexibility index (Phi) is 5.22. The lowest BCUT2D eigenvalue weighted by Gasteiger charge is -2.23. The van der Waals surface area contributed by atoms with E-state index in [4.69, 9.17) is 0 Å². The second kappa shape index (κ2) is 8.35. The Balaban J connectivity index is 1.37. The van der Waals surface area contributed by atoms with Crippen LogP contribution in [0.25, 0.3) is 5.69 Å². The Morgan fingerprint density at radius 2 is 1.70 bits per heavy atom. The Bertz CT molecular complexity index is 1360. The molecule has 1 aliphatic heterocycles. The van der Waals surface area contributed by atoms with Crippen LogP contribution in [0.15, 0.2) is 73.1 Å². The van der Waals surface area contributed by atoms with Gasteiger partial charge in [-0.2, -0.15) is 0 Å². The summed E-state index contributed by atoms with van der Waals surface area (Å²) < 4.78 is 1.92. The molecule has 0 atom stereocenters. The SMILES string of the molecule is Cc1ccc(C(=O)Nc2ccc(C(=O)N3CCc4nncn4-c4ccccc43)cc2)c(C)c1. The summed E-state index contributed by atoms with van der Waals surface area (Å²) in [5.41, 5.74) is 5.55. The number of hydrogen-bond acceptors (Lipinski definition) is 4. The van der Waals surface area contributed by atoms with Crippen molar-refractivity contribution in [2.24, 2.45) is 0 Å². The van der Waals surface area contributed by atoms with Crippen LogP contribution in [0.3, 0.4) is 0 Å². The molecule has 33 heavy (non-hydrogen) atoms. The van der Waals surface area contributed by atoms with Crippen molar-refractivity contribution in [3.63, 3.8) is 0 Å². The Morgan fingerprint density at radius 1 is 0.939 bits per heavy atom. The van der Waals surface area contributed by atoms with Crippen molar-refractivity contribution in [2.45, 2.75) is 20.3 Å². The molecule has 7 heteroatoms. The summed E-state index contributed by atoms with van der Waals surface area (Å²) >= 11 is 0. The van der Waals surface area contributed by atoms with E-state index in [0.717, 1.165) is 28.3 Å². The number of hydrogen-bond donors (Lipinski definition) is 1. The molecule has 2 amide bonds. The highest BCUT2D eigenvalue weighted by molar-refractivity contribution is 6.08. The van der Waals surface area contributed by atoms with Gasteiger partial charge in [0, 0.05) is 29.8 Å². The van der Waals surface area contributed by atoms with Crippen LogP contribution in [0.5, 0.6) is 0 Å². The lowest BCUT2D eigenvalue weighted by Crippen LogP contribution is -2.32. The predicted octanol–water partition coefficient (Wildman–Crippen LogP) is 4.34. The summed E-state index contributed by atoms with van der Waals surface area (Å²) in [6, 6.07) is 20.5. The molecule has 2 heterocycles. The molecule has 1 aliphatic rings. The summed E-state index contributed by atoms with van der Waals surface area (Å²) in [5.74, 6) is 0.548. The van der Waals surface area contributed by atoms with Crippen LogP contribution >= 0.6 is 0 Å². The van der Waals surface area contributed by atoms with Gasteiger partial charge < -0.3 is 10.2 Å². The summed E-state index contributed by atoms with van der Waals surface area (Å²) in [7, 11) is 0. The van der Waals surface area contributed by atoms with E-state index in [0.29, 0.717) is 29.8 Å². The van der Waals surface area contributed by atoms with Gasteiger partial charge in [-0.1, -0.05) is 29.8 Å². The van der Waals surface area contributed by atoms with Gasteiger partial charge in [-0.05, 0) is 61.9 Å². The number of rotatable bonds is 3. The molecule has 5 rings (SSSR count). The zero-order valence-corrected chi connectivity index (χ0v) is 18.4. The molecule has 164 valence electrons. The highest BCUT2D eigenvalue weighted by Gasteiger charge is 2.25. The number of anilines is 2. The highest BCUT2D eigenvalue weighted by Crippen LogP contribution is 2.29. The number of benzene rings is 3. The maximum Gasteiger partial charge on any atom is 0.258 e. The molecule has 0 spiro atoms. The van der Waals surface area contributed by atoms with Crippen LogP contribution in [0.2, 0.25) is 0 Å². The average molecular weight is 438 g/mol. The maximum absolute atomic E-state index is 13.4. The van der Waals surface area contributed by atoms with Gasteiger partial charge in [0.15, 0.2) is 0 Å². The molecule has 0 fully saturated rings. The molecule has 4 aromatic rings. The van der Waals surface area contributed by atoms with Crippen LogP contribution in [0.4, 0.5) is 11.4 Å². The fraction of sp³-hybridized carbons (Fsp3) is 0.154. The van der Waals surface area contributed by atoms with Gasteiger partial charge in [0.1, 0.15) is 12.2 Å². The molecule has 3 aromatic carbocycles. The summed E-state index contributed by atoms with van der Waals surface area (Å²) in [4.78, 5) is 27.9. The summed E-state index contributed by atoms with van der Waals surface area (Å²) in [6.07, 6.45) is 2.28. The predicted molar refractivity (Wildman–Crippen MR) is 127 cm³/mol. The fourth-order valence-corrected chi connectivity index (χ4v) is 4.19. The molecule has 1 N–H and O–H groups in total. The van der Waals surface area contributed by atoms with Gasteiger partial charge in [-0.15, -0.1) is 10.2 Å². The Labute approximate surface area is 191 Å². The minimum Gasteiger partial charge on any atom is -0.322 e. The Hall–Kier alpha value is -4.26. The van der Waals surface area contributed by atoms with Crippen molar-refractivity contribution in [2.75, 3.05) is 16.8 Å². The molecule has 0 saturated heterocycles. The first-order valence-electron chi connectivity index (χ1n) is 10.8. The highest BCUT2D eigenvalue weighted by atomic mass is 16.2. The largest absolute Gasteiger partial charge is 0.322 e. The van der Waals surface area contributed by atoms with Crippen LogP contribution in [-0.4, -0.2) is 33.1 Å². The van der Waals surface area contributed by atoms with Crippen molar-refractivity contribution in [3.05, 3.63) is 101 Å². The van der Waals surface area contributed by atoms with Gasteiger partial charge in [0.05, 0.1) is 11.4 Å². The maximum atomic E-state index is 13.4. The second-order valence-electron chi connectivity index (χ2n) is 8.16. The normalized spacial score (nSPS) is 12.5. The number of carbonyl (C=O) groups excluding carboxylic acids is 2. The van der Waals surface area contributed by atoms with E-state index in [-0.39, 0.29) is 11.8 Å². The van der Waals surface area contributed by atoms with Gasteiger partial charge >= 0.3 is 0 Å². The minimum absolute atomic E-state index is 0.103. The third-order valence-electron chi connectivity index (χ3n) is 5.87. The van der Waals surface area contributed by atoms with Crippen LogP contribution in [0.1, 0.15) is 37.7 Å². The monoisotopic (exact) mass is 437 g/mol. The van der Waals surface area contributed by atoms with E-state index >= 15 is 0 Å². The quantitative estimate of drug-likeness (QED) is 0.517. The third kappa shape index (κ3) is 3.89. The van der Waals surface area contributed by atoms with Crippen molar-refractivity contribution in [1.82, 2.24) is 14.8 Å². The first-order valence-corrected chi connectivity index (χ1v) is 10.8. The van der Waals surface area contributed by atoms with E-state index in [1.165, 1.54) is 0 Å². The molecule has 0 saturated carbocycles. The summed E-state index contributed by atoms with van der Waals surface area (Å²) in [6.45, 7) is 4.42. The number of amides is 2. The number of nitrogens with zero attached hydrogens (tertiary/aromatic N) is 4. The molecule has 7 nitrogen and oxygen atoms in total. The topological polar surface area (TPSA) is 80.1 Å². The molecule has 0 aliphatic carbocycles. The number of aromatic nitrogens is 3. The first kappa shape index (κ1) is 20.6. The van der Waals surface area contributed by atoms with Crippen molar-refractivity contribution in [3.8, 4) is 5.69 Å². The van der Waals surface area contributed by atoms with Crippen LogP contribution in [-0.2, 0) is 6.42 Å². The smallest absolute Gasteiger partial charge is 0.258 e. The average Bonchev–Trinajstić information content (AvgIpc) is 3.22. The third-order valence-corrected chi connectivity index (χ3v) is 5.87. The number of carbonyl (C=O) groups is 2. The van der Waals surface area contributed by atoms with E-state index < -0.39 is 0 Å². The van der Waals surface area contributed by atoms with Gasteiger partial charge in [-0.3, -0.25) is 14.2 Å². The minimum atomic E-state index is -0.170. The summed E-state index contributed by atoms with van der Waals surface area (Å²) in [5, 5.41) is 11.1. The van der Waals surface area contributed by atoms with Crippen LogP contribution < -0.4 is 10.2 Å². The second-order valence-corrected chi connectivity index (χ2v) is 8.16. The molecule has 0 unspecified atom stereocenters. The van der Waals surface area contributed by atoms with Crippen molar-refractivity contribution in [1.29, 1.82) is 0 Å². The lowest BCUT2D eigenvalue weighted by atomic mass is 10.1. The van der Waals surface area contributed by atoms with Crippen molar-refractivity contribution < 1.29 is 9.59 Å². The van der Waals surface area contributed by atoms with E-state index in [1.54, 1.807) is 35.5 Å². The van der Waals surface area contributed by atoms with Gasteiger partial charge in [0.25, 0.3) is 11.8 Å². The fourth-order valence-electron chi connectivity index (χ4n) is 4.19. The number of nitrogens with one attached hydrogen (secondary N) is 1. The first-order chi connectivity index (χ1) is 16.0. The zero-order chi connectivity index (χ0) is 22.9. The molecular formula is C26H23N5O2. The molecule has 0 bridgehead atoms. The standard InChI is InChI=1S/C26H23N5O2/c1-17-7-12-21(18(2)15-17)25(32)28-20-10-8-19(9-11-20)26(33)30-14-13-24-29-27-16-31(24)23-6-4-3-5-22(23)30/h3-12,15-16H,13-14H2,1-2H3,(H,28,32). The number of para-hydroxylation sites is 2. The zero-order valence-electron chi connectivity index (χ0n) is 18.4. The lowest BCUT2D eigenvalue weighted by molar-refractivity contribution is 0.0986. The Morgan fingerprint density at radius 3 is 2.45 bits per heavy atom. The molecule has 0 radical (unpaired) electrons. The van der Waals surface area contributed by atoms with Crippen LogP contribution in [0, 0.1) is 13.8 Å².